The van der Waals surface area contributed by atoms with Crippen LogP contribution in [0.3, 0.4) is 0 Å². The van der Waals surface area contributed by atoms with Crippen LogP contribution in [0.5, 0.6) is 5.75 Å². The average Bonchev–Trinajstić information content (AvgIpc) is 2.15. The Hall–Kier alpha value is -1.24. The zero-order valence-corrected chi connectivity index (χ0v) is 7.88. The normalized spacial score (nSPS) is 8.31. The van der Waals surface area contributed by atoms with Crippen LogP contribution < -0.4 is 10.5 Å². The molecule has 13 heavy (non-hydrogen) atoms. The summed E-state index contributed by atoms with van der Waals surface area (Å²) < 4.78 is 5.22. The van der Waals surface area contributed by atoms with Gasteiger partial charge < -0.3 is 10.5 Å². The standard InChI is InChI=1S/C9H10N2O.ClH/c10-4-5-12-9-3-1-2-8(6-9)7-11;/h1-3,6H,4-5,10H2;1H. The Morgan fingerprint density at radius 1 is 1.46 bits per heavy atom. The lowest BCUT2D eigenvalue weighted by Crippen LogP contribution is -2.10. The van der Waals surface area contributed by atoms with Gasteiger partial charge in [0.1, 0.15) is 12.4 Å². The molecule has 0 aliphatic heterocycles. The van der Waals surface area contributed by atoms with Gasteiger partial charge in [0.25, 0.3) is 0 Å². The van der Waals surface area contributed by atoms with Crippen molar-refractivity contribution < 1.29 is 4.74 Å². The van der Waals surface area contributed by atoms with Crippen LogP contribution in [0, 0.1) is 11.3 Å². The van der Waals surface area contributed by atoms with Crippen LogP contribution in [-0.2, 0) is 0 Å². The largest absolute Gasteiger partial charge is 0.492 e. The minimum Gasteiger partial charge on any atom is -0.492 e. The molecule has 0 radical (unpaired) electrons. The molecule has 0 fully saturated rings. The van der Waals surface area contributed by atoms with Crippen LogP contribution in [-0.4, -0.2) is 13.2 Å². The van der Waals surface area contributed by atoms with E-state index >= 15 is 0 Å². The Balaban J connectivity index is 0.00000144. The van der Waals surface area contributed by atoms with Crippen molar-refractivity contribution in [3.63, 3.8) is 0 Å². The molecule has 1 rings (SSSR count). The Bertz CT molecular complexity index is 296. The second kappa shape index (κ2) is 6.30. The minimum atomic E-state index is 0. The maximum atomic E-state index is 8.56. The third-order valence-corrected chi connectivity index (χ3v) is 1.35. The lowest BCUT2D eigenvalue weighted by molar-refractivity contribution is 0.328. The molecule has 2 N–H and O–H groups in total. The fourth-order valence-corrected chi connectivity index (χ4v) is 0.832. The molecule has 0 heterocycles. The van der Waals surface area contributed by atoms with Crippen LogP contribution in [0.1, 0.15) is 5.56 Å². The number of nitrogens with zero attached hydrogens (tertiary/aromatic N) is 1. The van der Waals surface area contributed by atoms with E-state index in [1.807, 2.05) is 6.07 Å². The van der Waals surface area contributed by atoms with Crippen LogP contribution in [0.4, 0.5) is 0 Å². The van der Waals surface area contributed by atoms with E-state index in [2.05, 4.69) is 0 Å². The molecular weight excluding hydrogens is 188 g/mol. The number of hydrogen-bond donors (Lipinski definition) is 1. The van der Waals surface area contributed by atoms with Gasteiger partial charge in [0, 0.05) is 6.54 Å². The Labute approximate surface area is 83.5 Å². The molecule has 70 valence electrons. The first-order chi connectivity index (χ1) is 5.86. The van der Waals surface area contributed by atoms with Crippen molar-refractivity contribution in [2.75, 3.05) is 13.2 Å². The van der Waals surface area contributed by atoms with E-state index < -0.39 is 0 Å². The zero-order chi connectivity index (χ0) is 8.81. The highest BCUT2D eigenvalue weighted by Gasteiger charge is 1.93. The van der Waals surface area contributed by atoms with Crippen LogP contribution in [0.2, 0.25) is 0 Å². The van der Waals surface area contributed by atoms with Crippen molar-refractivity contribution in [1.29, 1.82) is 5.26 Å². The zero-order valence-electron chi connectivity index (χ0n) is 7.06. The fraction of sp³-hybridized carbons (Fsp3) is 0.222. The van der Waals surface area contributed by atoms with Crippen LogP contribution >= 0.6 is 12.4 Å². The predicted octanol–water partition coefficient (Wildman–Crippen LogP) is 1.32. The maximum Gasteiger partial charge on any atom is 0.120 e. The van der Waals surface area contributed by atoms with Crippen molar-refractivity contribution in [3.05, 3.63) is 29.8 Å². The van der Waals surface area contributed by atoms with Crippen molar-refractivity contribution in [2.24, 2.45) is 5.73 Å². The van der Waals surface area contributed by atoms with E-state index in [4.69, 9.17) is 15.7 Å². The molecule has 0 aliphatic rings. The smallest absolute Gasteiger partial charge is 0.120 e. The number of rotatable bonds is 3. The van der Waals surface area contributed by atoms with E-state index in [9.17, 15) is 0 Å². The SMILES string of the molecule is Cl.N#Cc1cccc(OCCN)c1. The van der Waals surface area contributed by atoms with E-state index in [-0.39, 0.29) is 12.4 Å². The second-order valence-electron chi connectivity index (χ2n) is 2.28. The summed E-state index contributed by atoms with van der Waals surface area (Å²) in [7, 11) is 0. The van der Waals surface area contributed by atoms with Gasteiger partial charge in [-0.05, 0) is 18.2 Å². The highest BCUT2D eigenvalue weighted by molar-refractivity contribution is 5.85. The summed E-state index contributed by atoms with van der Waals surface area (Å²) in [4.78, 5) is 0. The van der Waals surface area contributed by atoms with Crippen molar-refractivity contribution >= 4 is 12.4 Å². The first-order valence-electron chi connectivity index (χ1n) is 3.70. The third-order valence-electron chi connectivity index (χ3n) is 1.35. The summed E-state index contributed by atoms with van der Waals surface area (Å²) in [5.74, 6) is 0.694. The van der Waals surface area contributed by atoms with Gasteiger partial charge in [-0.3, -0.25) is 0 Å². The van der Waals surface area contributed by atoms with E-state index in [0.29, 0.717) is 24.5 Å². The summed E-state index contributed by atoms with van der Waals surface area (Å²) in [6.07, 6.45) is 0. The van der Waals surface area contributed by atoms with Gasteiger partial charge in [0.2, 0.25) is 0 Å². The Morgan fingerprint density at radius 2 is 2.23 bits per heavy atom. The molecule has 0 saturated heterocycles. The van der Waals surface area contributed by atoms with Crippen molar-refractivity contribution in [2.45, 2.75) is 0 Å². The molecule has 1 aromatic carbocycles. The summed E-state index contributed by atoms with van der Waals surface area (Å²) in [5.41, 5.74) is 5.86. The van der Waals surface area contributed by atoms with Gasteiger partial charge in [-0.2, -0.15) is 5.26 Å². The molecule has 0 saturated carbocycles. The number of hydrogen-bond acceptors (Lipinski definition) is 3. The van der Waals surface area contributed by atoms with Crippen LogP contribution in [0.25, 0.3) is 0 Å². The molecule has 1 aromatic rings. The molecule has 3 nitrogen and oxygen atoms in total. The van der Waals surface area contributed by atoms with Gasteiger partial charge in [0.05, 0.1) is 11.6 Å². The van der Waals surface area contributed by atoms with E-state index in [1.54, 1.807) is 24.3 Å². The minimum absolute atomic E-state index is 0. The average molecular weight is 199 g/mol. The summed E-state index contributed by atoms with van der Waals surface area (Å²) in [6, 6.07) is 9.04. The lowest BCUT2D eigenvalue weighted by atomic mass is 10.2. The fourth-order valence-electron chi connectivity index (χ4n) is 0.832. The number of nitrogens with two attached hydrogens (primary N) is 1. The molecule has 0 bridgehead atoms. The van der Waals surface area contributed by atoms with Gasteiger partial charge >= 0.3 is 0 Å². The number of nitriles is 1. The summed E-state index contributed by atoms with van der Waals surface area (Å²) in [5, 5.41) is 8.56. The highest BCUT2D eigenvalue weighted by atomic mass is 35.5. The molecular formula is C9H11ClN2O. The third kappa shape index (κ3) is 3.79. The molecule has 0 spiro atoms. The first-order valence-corrected chi connectivity index (χ1v) is 3.70. The molecule has 0 atom stereocenters. The van der Waals surface area contributed by atoms with Crippen molar-refractivity contribution in [1.82, 2.24) is 0 Å². The molecule has 0 amide bonds. The molecule has 0 aliphatic carbocycles. The topological polar surface area (TPSA) is 59.0 Å². The molecule has 0 aromatic heterocycles. The predicted molar refractivity (Wildman–Crippen MR) is 53.0 cm³/mol. The van der Waals surface area contributed by atoms with Gasteiger partial charge in [0.15, 0.2) is 0 Å². The van der Waals surface area contributed by atoms with Gasteiger partial charge in [-0.25, -0.2) is 0 Å². The number of benzene rings is 1. The summed E-state index contributed by atoms with van der Waals surface area (Å²) in [6.45, 7) is 0.964. The lowest BCUT2D eigenvalue weighted by Gasteiger charge is -2.03. The first kappa shape index (κ1) is 11.8. The molecule has 4 heteroatoms. The van der Waals surface area contributed by atoms with Crippen LogP contribution in [0.15, 0.2) is 24.3 Å². The summed E-state index contributed by atoms with van der Waals surface area (Å²) >= 11 is 0. The Morgan fingerprint density at radius 3 is 2.85 bits per heavy atom. The van der Waals surface area contributed by atoms with Gasteiger partial charge in [-0.1, -0.05) is 6.07 Å². The molecule has 0 unspecified atom stereocenters. The number of halogens is 1. The van der Waals surface area contributed by atoms with Crippen molar-refractivity contribution in [3.8, 4) is 11.8 Å². The number of ether oxygens (including phenoxy) is 1. The quantitative estimate of drug-likeness (QED) is 0.797. The van der Waals surface area contributed by atoms with E-state index in [1.165, 1.54) is 0 Å². The second-order valence-corrected chi connectivity index (χ2v) is 2.28. The van der Waals surface area contributed by atoms with E-state index in [0.717, 1.165) is 0 Å². The maximum absolute atomic E-state index is 8.56. The highest BCUT2D eigenvalue weighted by Crippen LogP contribution is 2.11. The Kier molecular flexibility index (Phi) is 5.69. The monoisotopic (exact) mass is 198 g/mol. The van der Waals surface area contributed by atoms with Gasteiger partial charge in [-0.15, -0.1) is 12.4 Å².